The van der Waals surface area contributed by atoms with Crippen molar-refractivity contribution >= 4 is 17.6 Å². The van der Waals surface area contributed by atoms with Gasteiger partial charge < -0.3 is 9.80 Å². The van der Waals surface area contributed by atoms with Crippen LogP contribution in [0, 0.1) is 6.92 Å². The zero-order chi connectivity index (χ0) is 22.0. The minimum Gasteiger partial charge on any atom is -0.331 e. The zero-order valence-electron chi connectivity index (χ0n) is 18.5. The average molecular weight is 423 g/mol. The van der Waals surface area contributed by atoms with E-state index in [9.17, 15) is 9.59 Å². The number of fused-ring (bicyclic) bond motifs is 1. The average Bonchev–Trinajstić information content (AvgIpc) is 2.76. The summed E-state index contributed by atoms with van der Waals surface area (Å²) in [5, 5.41) is 0. The Labute approximate surface area is 183 Å². The summed E-state index contributed by atoms with van der Waals surface area (Å²) in [6.07, 6.45) is 5.69. The van der Waals surface area contributed by atoms with Crippen LogP contribution in [-0.2, 0) is 22.6 Å². The number of piperidine rings is 1. The number of rotatable bonds is 5. The van der Waals surface area contributed by atoms with Gasteiger partial charge in [-0.1, -0.05) is 6.07 Å². The third-order valence-corrected chi connectivity index (χ3v) is 5.97. The molecule has 164 valence electrons. The van der Waals surface area contributed by atoms with E-state index >= 15 is 0 Å². The summed E-state index contributed by atoms with van der Waals surface area (Å²) < 4.78 is 0. The minimum absolute atomic E-state index is 0.0476. The van der Waals surface area contributed by atoms with Crippen LogP contribution < -0.4 is 4.90 Å². The maximum absolute atomic E-state index is 12.9. The molecule has 1 atom stereocenters. The van der Waals surface area contributed by atoms with Gasteiger partial charge in [0.1, 0.15) is 5.82 Å². The van der Waals surface area contributed by atoms with Gasteiger partial charge in [-0.15, -0.1) is 0 Å². The molecule has 0 spiro atoms. The van der Waals surface area contributed by atoms with Gasteiger partial charge in [0, 0.05) is 30.4 Å². The van der Waals surface area contributed by atoms with Crippen LogP contribution in [0.2, 0.25) is 0 Å². The van der Waals surface area contributed by atoms with Gasteiger partial charge in [-0.05, 0) is 58.8 Å². The first-order valence-corrected chi connectivity index (χ1v) is 11.0. The molecule has 2 aliphatic rings. The second-order valence-corrected chi connectivity index (χ2v) is 8.61. The summed E-state index contributed by atoms with van der Waals surface area (Å²) in [4.78, 5) is 45.3. The fourth-order valence-electron chi connectivity index (χ4n) is 4.43. The lowest BCUT2D eigenvalue weighted by atomic mass is 9.99. The molecule has 31 heavy (non-hydrogen) atoms. The van der Waals surface area contributed by atoms with Gasteiger partial charge in [-0.2, -0.15) is 0 Å². The number of anilines is 1. The van der Waals surface area contributed by atoms with Crippen molar-refractivity contribution in [2.24, 2.45) is 0 Å². The van der Waals surface area contributed by atoms with E-state index in [1.807, 2.05) is 49.0 Å². The van der Waals surface area contributed by atoms with Crippen LogP contribution in [0.15, 0.2) is 24.4 Å². The molecule has 0 radical (unpaired) electrons. The molecule has 4 heterocycles. The predicted octanol–water partition coefficient (Wildman–Crippen LogP) is 2.27. The highest BCUT2D eigenvalue weighted by Gasteiger charge is 2.34. The highest BCUT2D eigenvalue weighted by atomic mass is 16.2. The Balaban J connectivity index is 1.69. The van der Waals surface area contributed by atoms with Crippen molar-refractivity contribution in [3.8, 4) is 0 Å². The molecule has 4 rings (SSSR count). The molecule has 2 amide bonds. The monoisotopic (exact) mass is 422 g/mol. The van der Waals surface area contributed by atoms with Gasteiger partial charge in [0.05, 0.1) is 24.8 Å². The SMILES string of the molecule is Cc1nc([C@@H]2CCCCN2C(=O)CN(C)C)nc2c1CCC(=O)N2Cc1ccccn1. The van der Waals surface area contributed by atoms with Crippen molar-refractivity contribution in [3.05, 3.63) is 47.2 Å². The number of carbonyl (C=O) groups is 2. The second-order valence-electron chi connectivity index (χ2n) is 8.61. The van der Waals surface area contributed by atoms with E-state index in [0.717, 1.165) is 36.2 Å². The molecule has 0 aromatic carbocycles. The molecule has 8 heteroatoms. The lowest BCUT2D eigenvalue weighted by Crippen LogP contribution is -2.44. The van der Waals surface area contributed by atoms with Crippen LogP contribution >= 0.6 is 0 Å². The van der Waals surface area contributed by atoms with Crippen molar-refractivity contribution in [1.29, 1.82) is 0 Å². The van der Waals surface area contributed by atoms with Gasteiger partial charge >= 0.3 is 0 Å². The highest BCUT2D eigenvalue weighted by Crippen LogP contribution is 2.34. The molecule has 1 fully saturated rings. The Morgan fingerprint density at radius 1 is 1.19 bits per heavy atom. The maximum atomic E-state index is 12.9. The summed E-state index contributed by atoms with van der Waals surface area (Å²) in [6, 6.07) is 5.55. The van der Waals surface area contributed by atoms with Gasteiger partial charge in [0.25, 0.3) is 0 Å². The van der Waals surface area contributed by atoms with Crippen molar-refractivity contribution in [2.75, 3.05) is 32.1 Å². The van der Waals surface area contributed by atoms with E-state index in [2.05, 4.69) is 4.98 Å². The number of nitrogens with zero attached hydrogens (tertiary/aromatic N) is 6. The number of pyridine rings is 1. The van der Waals surface area contributed by atoms with Crippen LogP contribution in [0.4, 0.5) is 5.82 Å². The Kier molecular flexibility index (Phi) is 6.27. The van der Waals surface area contributed by atoms with Gasteiger partial charge in [0.15, 0.2) is 5.82 Å². The molecule has 0 aliphatic carbocycles. The van der Waals surface area contributed by atoms with Gasteiger partial charge in [-0.25, -0.2) is 9.97 Å². The topological polar surface area (TPSA) is 82.5 Å². The highest BCUT2D eigenvalue weighted by molar-refractivity contribution is 5.95. The Morgan fingerprint density at radius 2 is 2.03 bits per heavy atom. The first-order chi connectivity index (χ1) is 14.9. The quantitative estimate of drug-likeness (QED) is 0.735. The maximum Gasteiger partial charge on any atom is 0.237 e. The molecule has 2 aliphatic heterocycles. The first-order valence-electron chi connectivity index (χ1n) is 11.0. The molecule has 2 aromatic rings. The molecular formula is C23H30N6O2. The number of likely N-dealkylation sites (N-methyl/N-ethyl adjacent to an activating group) is 1. The second kappa shape index (κ2) is 9.09. The van der Waals surface area contributed by atoms with Crippen LogP contribution in [0.3, 0.4) is 0 Å². The zero-order valence-corrected chi connectivity index (χ0v) is 18.5. The summed E-state index contributed by atoms with van der Waals surface area (Å²) in [5.74, 6) is 1.46. The fourth-order valence-corrected chi connectivity index (χ4v) is 4.43. The van der Waals surface area contributed by atoms with Crippen LogP contribution in [0.25, 0.3) is 0 Å². The molecule has 2 aromatic heterocycles. The van der Waals surface area contributed by atoms with Crippen molar-refractivity contribution < 1.29 is 9.59 Å². The van der Waals surface area contributed by atoms with Crippen LogP contribution in [0.5, 0.6) is 0 Å². The predicted molar refractivity (Wildman–Crippen MR) is 117 cm³/mol. The van der Waals surface area contributed by atoms with E-state index in [4.69, 9.17) is 9.97 Å². The Morgan fingerprint density at radius 3 is 2.77 bits per heavy atom. The number of hydrogen-bond acceptors (Lipinski definition) is 6. The molecule has 0 bridgehead atoms. The van der Waals surface area contributed by atoms with E-state index in [1.54, 1.807) is 11.1 Å². The first kappa shape index (κ1) is 21.4. The van der Waals surface area contributed by atoms with Crippen molar-refractivity contribution in [1.82, 2.24) is 24.8 Å². The lowest BCUT2D eigenvalue weighted by molar-refractivity contribution is -0.136. The number of aromatic nitrogens is 3. The van der Waals surface area contributed by atoms with Gasteiger partial charge in [-0.3, -0.25) is 19.5 Å². The van der Waals surface area contributed by atoms with E-state index < -0.39 is 0 Å². The number of amides is 2. The molecular weight excluding hydrogens is 392 g/mol. The molecule has 0 unspecified atom stereocenters. The van der Waals surface area contributed by atoms with Crippen LogP contribution in [-0.4, -0.2) is 63.8 Å². The Hall–Kier alpha value is -2.87. The summed E-state index contributed by atoms with van der Waals surface area (Å²) in [5.41, 5.74) is 2.73. The third-order valence-electron chi connectivity index (χ3n) is 5.97. The minimum atomic E-state index is -0.154. The van der Waals surface area contributed by atoms with Crippen molar-refractivity contribution in [2.45, 2.75) is 51.6 Å². The normalized spacial score (nSPS) is 19.0. The largest absolute Gasteiger partial charge is 0.331 e. The van der Waals surface area contributed by atoms with Gasteiger partial charge in [0.2, 0.25) is 11.8 Å². The summed E-state index contributed by atoms with van der Waals surface area (Å²) in [7, 11) is 3.80. The molecule has 0 saturated carbocycles. The fraction of sp³-hybridized carbons (Fsp3) is 0.522. The number of aryl methyl sites for hydroxylation is 1. The molecule has 1 saturated heterocycles. The summed E-state index contributed by atoms with van der Waals surface area (Å²) in [6.45, 7) is 3.45. The van der Waals surface area contributed by atoms with E-state index in [-0.39, 0.29) is 17.9 Å². The van der Waals surface area contributed by atoms with E-state index in [0.29, 0.717) is 44.1 Å². The summed E-state index contributed by atoms with van der Waals surface area (Å²) >= 11 is 0. The molecule has 8 nitrogen and oxygen atoms in total. The smallest absolute Gasteiger partial charge is 0.237 e. The van der Waals surface area contributed by atoms with Crippen molar-refractivity contribution in [3.63, 3.8) is 0 Å². The number of carbonyl (C=O) groups excluding carboxylic acids is 2. The third kappa shape index (κ3) is 4.58. The number of hydrogen-bond donors (Lipinski definition) is 0. The lowest BCUT2D eigenvalue weighted by Gasteiger charge is -2.36. The van der Waals surface area contributed by atoms with E-state index in [1.165, 1.54) is 0 Å². The standard InChI is InChI=1S/C23H30N6O2/c1-16-18-10-11-20(30)29(14-17-8-4-6-12-24-17)23(18)26-22(25-16)19-9-5-7-13-28(19)21(31)15-27(2)3/h4,6,8,12,19H,5,7,9-11,13-15H2,1-3H3/t19-/m0/s1. The number of likely N-dealkylation sites (tertiary alicyclic amines) is 1. The van der Waals surface area contributed by atoms with Crippen LogP contribution in [0.1, 0.15) is 54.5 Å². The molecule has 0 N–H and O–H groups in total. The Bertz CT molecular complexity index is 962.